The van der Waals surface area contributed by atoms with Crippen molar-refractivity contribution in [2.24, 2.45) is 5.92 Å². The Labute approximate surface area is 116 Å². The first-order valence-corrected chi connectivity index (χ1v) is 7.05. The standard InChI is InChI=1S/C13H17N3O2S/c1-9(2)8-18-13(17)12-10(3)16(15-14-12)7-11-5-4-6-19-11/h4-6,9H,7-8H2,1-3H3. The summed E-state index contributed by atoms with van der Waals surface area (Å²) < 4.78 is 6.89. The van der Waals surface area contributed by atoms with Crippen LogP contribution in [0.2, 0.25) is 0 Å². The molecule has 5 nitrogen and oxygen atoms in total. The Hall–Kier alpha value is -1.69. The van der Waals surface area contributed by atoms with Gasteiger partial charge < -0.3 is 4.74 Å². The fraction of sp³-hybridized carbons (Fsp3) is 0.462. The van der Waals surface area contributed by atoms with Crippen molar-refractivity contribution in [3.05, 3.63) is 33.8 Å². The number of rotatable bonds is 5. The van der Waals surface area contributed by atoms with Gasteiger partial charge in [0.2, 0.25) is 0 Å². The van der Waals surface area contributed by atoms with Gasteiger partial charge in [0.25, 0.3) is 0 Å². The normalized spacial score (nSPS) is 10.9. The van der Waals surface area contributed by atoms with Gasteiger partial charge >= 0.3 is 5.97 Å². The second-order valence-electron chi connectivity index (χ2n) is 4.75. The Morgan fingerprint density at radius 3 is 2.95 bits per heavy atom. The van der Waals surface area contributed by atoms with E-state index in [4.69, 9.17) is 4.74 Å². The fourth-order valence-electron chi connectivity index (χ4n) is 1.56. The number of esters is 1. The summed E-state index contributed by atoms with van der Waals surface area (Å²) in [5.74, 6) is -0.0888. The van der Waals surface area contributed by atoms with Crippen LogP contribution in [0.25, 0.3) is 0 Å². The Balaban J connectivity index is 2.07. The van der Waals surface area contributed by atoms with E-state index in [1.54, 1.807) is 16.0 Å². The van der Waals surface area contributed by atoms with Crippen LogP contribution in [0.15, 0.2) is 17.5 Å². The number of nitrogens with zero attached hydrogens (tertiary/aromatic N) is 3. The Morgan fingerprint density at radius 2 is 2.32 bits per heavy atom. The molecule has 0 aliphatic heterocycles. The zero-order valence-electron chi connectivity index (χ0n) is 11.3. The minimum Gasteiger partial charge on any atom is -0.461 e. The summed E-state index contributed by atoms with van der Waals surface area (Å²) in [4.78, 5) is 13.0. The SMILES string of the molecule is Cc1c(C(=O)OCC(C)C)nnn1Cc1cccs1. The van der Waals surface area contributed by atoms with Crippen LogP contribution in [0.1, 0.15) is 34.9 Å². The van der Waals surface area contributed by atoms with Crippen LogP contribution >= 0.6 is 11.3 Å². The van der Waals surface area contributed by atoms with Gasteiger partial charge in [-0.25, -0.2) is 9.48 Å². The Bertz CT molecular complexity index is 546. The number of ether oxygens (including phenoxy) is 1. The lowest BCUT2D eigenvalue weighted by Gasteiger charge is -2.06. The summed E-state index contributed by atoms with van der Waals surface area (Å²) in [7, 11) is 0. The lowest BCUT2D eigenvalue weighted by Crippen LogP contribution is -2.12. The maximum atomic E-state index is 11.9. The molecular weight excluding hydrogens is 262 g/mol. The maximum absolute atomic E-state index is 11.9. The van der Waals surface area contributed by atoms with Crippen molar-refractivity contribution < 1.29 is 9.53 Å². The second-order valence-corrected chi connectivity index (χ2v) is 5.79. The van der Waals surface area contributed by atoms with Gasteiger partial charge in [0.15, 0.2) is 5.69 Å². The van der Waals surface area contributed by atoms with Crippen LogP contribution in [0.4, 0.5) is 0 Å². The van der Waals surface area contributed by atoms with Crippen molar-refractivity contribution in [3.8, 4) is 0 Å². The van der Waals surface area contributed by atoms with Gasteiger partial charge in [0.05, 0.1) is 18.8 Å². The topological polar surface area (TPSA) is 57.0 Å². The van der Waals surface area contributed by atoms with Crippen LogP contribution in [-0.4, -0.2) is 27.6 Å². The summed E-state index contributed by atoms with van der Waals surface area (Å²) in [5, 5.41) is 9.94. The van der Waals surface area contributed by atoms with E-state index in [2.05, 4.69) is 10.3 Å². The molecule has 0 unspecified atom stereocenters. The molecule has 2 rings (SSSR count). The van der Waals surface area contributed by atoms with E-state index in [9.17, 15) is 4.79 Å². The van der Waals surface area contributed by atoms with Crippen LogP contribution in [0.3, 0.4) is 0 Å². The molecule has 0 saturated carbocycles. The molecule has 0 aliphatic rings. The van der Waals surface area contributed by atoms with Gasteiger partial charge in [0.1, 0.15) is 0 Å². The molecule has 2 heterocycles. The predicted molar refractivity (Wildman–Crippen MR) is 73.3 cm³/mol. The summed E-state index contributed by atoms with van der Waals surface area (Å²) in [5.41, 5.74) is 1.04. The lowest BCUT2D eigenvalue weighted by molar-refractivity contribution is 0.0451. The molecule has 19 heavy (non-hydrogen) atoms. The highest BCUT2D eigenvalue weighted by molar-refractivity contribution is 7.09. The monoisotopic (exact) mass is 279 g/mol. The van der Waals surface area contributed by atoms with Crippen LogP contribution in [0, 0.1) is 12.8 Å². The molecule has 2 aromatic rings. The number of thiophene rings is 1. The van der Waals surface area contributed by atoms with Gasteiger partial charge in [-0.3, -0.25) is 0 Å². The summed E-state index contributed by atoms with van der Waals surface area (Å²) in [6, 6.07) is 4.02. The van der Waals surface area contributed by atoms with Crippen molar-refractivity contribution in [2.45, 2.75) is 27.3 Å². The first kappa shape index (κ1) is 13.7. The number of carbonyl (C=O) groups excluding carboxylic acids is 1. The van der Waals surface area contributed by atoms with Crippen molar-refractivity contribution >= 4 is 17.3 Å². The van der Waals surface area contributed by atoms with Crippen LogP contribution in [-0.2, 0) is 11.3 Å². The fourth-order valence-corrected chi connectivity index (χ4v) is 2.25. The van der Waals surface area contributed by atoms with E-state index in [0.29, 0.717) is 24.8 Å². The first-order valence-electron chi connectivity index (χ1n) is 6.17. The van der Waals surface area contributed by atoms with E-state index in [1.807, 2.05) is 38.3 Å². The molecule has 102 valence electrons. The number of aromatic nitrogens is 3. The zero-order chi connectivity index (χ0) is 13.8. The van der Waals surface area contributed by atoms with Gasteiger partial charge in [-0.15, -0.1) is 16.4 Å². The highest BCUT2D eigenvalue weighted by atomic mass is 32.1. The molecule has 0 fully saturated rings. The first-order chi connectivity index (χ1) is 9.08. The quantitative estimate of drug-likeness (QED) is 0.789. The van der Waals surface area contributed by atoms with Crippen LogP contribution < -0.4 is 0 Å². The molecule has 0 bridgehead atoms. The molecule has 0 amide bonds. The smallest absolute Gasteiger partial charge is 0.360 e. The van der Waals surface area contributed by atoms with Crippen molar-refractivity contribution in [2.75, 3.05) is 6.61 Å². The third kappa shape index (κ3) is 3.41. The Kier molecular flexibility index (Phi) is 4.31. The van der Waals surface area contributed by atoms with E-state index in [-0.39, 0.29) is 0 Å². The summed E-state index contributed by atoms with van der Waals surface area (Å²) in [6.45, 7) is 6.85. The minimum absolute atomic E-state index is 0.303. The van der Waals surface area contributed by atoms with Gasteiger partial charge in [-0.2, -0.15) is 0 Å². The van der Waals surface area contributed by atoms with Gasteiger partial charge in [-0.1, -0.05) is 25.1 Å². The van der Waals surface area contributed by atoms with E-state index in [1.165, 1.54) is 4.88 Å². The van der Waals surface area contributed by atoms with Crippen molar-refractivity contribution in [1.82, 2.24) is 15.0 Å². The van der Waals surface area contributed by atoms with Crippen molar-refractivity contribution in [1.29, 1.82) is 0 Å². The van der Waals surface area contributed by atoms with Crippen molar-refractivity contribution in [3.63, 3.8) is 0 Å². The second kappa shape index (κ2) is 5.97. The summed E-state index contributed by atoms with van der Waals surface area (Å²) >= 11 is 1.65. The largest absolute Gasteiger partial charge is 0.461 e. The molecule has 0 spiro atoms. The van der Waals surface area contributed by atoms with E-state index in [0.717, 1.165) is 5.69 Å². The number of hydrogen-bond donors (Lipinski definition) is 0. The molecule has 2 aromatic heterocycles. The molecule has 0 radical (unpaired) electrons. The van der Waals surface area contributed by atoms with Crippen LogP contribution in [0.5, 0.6) is 0 Å². The average Bonchev–Trinajstić information content (AvgIpc) is 2.98. The maximum Gasteiger partial charge on any atom is 0.360 e. The average molecular weight is 279 g/mol. The zero-order valence-corrected chi connectivity index (χ0v) is 12.1. The highest BCUT2D eigenvalue weighted by Crippen LogP contribution is 2.13. The lowest BCUT2D eigenvalue weighted by atomic mass is 10.2. The Morgan fingerprint density at radius 1 is 1.53 bits per heavy atom. The van der Waals surface area contributed by atoms with Gasteiger partial charge in [0, 0.05) is 4.88 Å². The van der Waals surface area contributed by atoms with E-state index < -0.39 is 5.97 Å². The molecule has 0 saturated heterocycles. The summed E-state index contributed by atoms with van der Waals surface area (Å²) in [6.07, 6.45) is 0. The predicted octanol–water partition coefficient (Wildman–Crippen LogP) is 2.51. The highest BCUT2D eigenvalue weighted by Gasteiger charge is 2.18. The number of carbonyl (C=O) groups is 1. The number of hydrogen-bond acceptors (Lipinski definition) is 5. The third-order valence-corrected chi connectivity index (χ3v) is 3.47. The molecule has 0 aromatic carbocycles. The molecule has 0 aliphatic carbocycles. The van der Waals surface area contributed by atoms with Gasteiger partial charge in [-0.05, 0) is 24.3 Å². The minimum atomic E-state index is -0.399. The van der Waals surface area contributed by atoms with E-state index >= 15 is 0 Å². The third-order valence-electron chi connectivity index (χ3n) is 2.61. The molecule has 0 atom stereocenters. The molecule has 6 heteroatoms. The molecule has 0 N–H and O–H groups in total. The molecular formula is C13H17N3O2S.